The predicted octanol–water partition coefficient (Wildman–Crippen LogP) is 3.51. The molecule has 6 nitrogen and oxygen atoms in total. The lowest BCUT2D eigenvalue weighted by Gasteiger charge is -2.26. The molecular weight excluding hydrogens is 316 g/mol. The second-order valence-corrected chi connectivity index (χ2v) is 7.98. The number of rotatable bonds is 7. The molecule has 2 aliphatic rings. The van der Waals surface area contributed by atoms with Crippen molar-refractivity contribution in [3.8, 4) is 0 Å². The first-order valence-electron chi connectivity index (χ1n) is 9.96. The summed E-state index contributed by atoms with van der Waals surface area (Å²) in [5.41, 5.74) is -0.878. The van der Waals surface area contributed by atoms with Crippen LogP contribution in [0.5, 0.6) is 0 Å². The second-order valence-electron chi connectivity index (χ2n) is 7.98. The Morgan fingerprint density at radius 3 is 1.96 bits per heavy atom. The van der Waals surface area contributed by atoms with Gasteiger partial charge in [-0.05, 0) is 39.5 Å². The number of hydrogen-bond donors (Lipinski definition) is 2. The van der Waals surface area contributed by atoms with Crippen LogP contribution >= 0.6 is 0 Å². The zero-order chi connectivity index (χ0) is 18.1. The van der Waals surface area contributed by atoms with Crippen LogP contribution in [0.4, 0.5) is 0 Å². The highest BCUT2D eigenvalue weighted by atomic mass is 16.2. The number of nitrogens with one attached hydrogen (secondary N) is 2. The van der Waals surface area contributed by atoms with Gasteiger partial charge in [0.2, 0.25) is 11.8 Å². The third-order valence-electron chi connectivity index (χ3n) is 5.23. The van der Waals surface area contributed by atoms with Crippen LogP contribution in [0.1, 0.15) is 84.5 Å². The van der Waals surface area contributed by atoms with Gasteiger partial charge in [-0.25, -0.2) is 0 Å². The molecule has 0 bridgehead atoms. The van der Waals surface area contributed by atoms with E-state index in [2.05, 4.69) is 20.9 Å². The standard InChI is InChI=1S/C19H34N4O2/c1-19(2,18(25)22-16-11-7-4-8-12-16)23-20-14-13-17(24)21-15-9-5-3-6-10-15/h15-16H,3-14H2,1-2H3,(H,21,24)(H,22,25). The Bertz CT molecular complexity index is 464. The number of amides is 2. The maximum absolute atomic E-state index is 12.4. The summed E-state index contributed by atoms with van der Waals surface area (Å²) in [6.07, 6.45) is 11.9. The molecule has 2 amide bonds. The first-order valence-corrected chi connectivity index (χ1v) is 9.96. The molecule has 0 heterocycles. The molecule has 2 rings (SSSR count). The topological polar surface area (TPSA) is 82.9 Å². The van der Waals surface area contributed by atoms with Gasteiger partial charge in [-0.15, -0.1) is 0 Å². The third kappa shape index (κ3) is 7.12. The minimum atomic E-state index is -0.878. The first-order chi connectivity index (χ1) is 12.0. The summed E-state index contributed by atoms with van der Waals surface area (Å²) in [5.74, 6) is -0.0369. The van der Waals surface area contributed by atoms with E-state index in [9.17, 15) is 9.59 Å². The zero-order valence-electron chi connectivity index (χ0n) is 15.9. The van der Waals surface area contributed by atoms with Gasteiger partial charge in [0, 0.05) is 18.5 Å². The van der Waals surface area contributed by atoms with Crippen molar-refractivity contribution < 1.29 is 9.59 Å². The molecule has 2 fully saturated rings. The van der Waals surface area contributed by atoms with E-state index in [0.29, 0.717) is 19.0 Å². The normalized spacial score (nSPS) is 20.6. The van der Waals surface area contributed by atoms with Gasteiger partial charge in [-0.1, -0.05) is 38.5 Å². The Morgan fingerprint density at radius 1 is 0.880 bits per heavy atom. The van der Waals surface area contributed by atoms with Gasteiger partial charge in [0.05, 0.1) is 6.54 Å². The molecule has 6 heteroatoms. The Morgan fingerprint density at radius 2 is 1.40 bits per heavy atom. The minimum Gasteiger partial charge on any atom is -0.353 e. The average molecular weight is 351 g/mol. The van der Waals surface area contributed by atoms with Crippen molar-refractivity contribution >= 4 is 11.8 Å². The fraction of sp³-hybridized carbons (Fsp3) is 0.895. The van der Waals surface area contributed by atoms with E-state index in [0.717, 1.165) is 25.7 Å². The highest BCUT2D eigenvalue weighted by molar-refractivity contribution is 5.85. The molecule has 0 spiro atoms. The molecule has 0 atom stereocenters. The molecule has 25 heavy (non-hydrogen) atoms. The Labute approximate surface area is 151 Å². The lowest BCUT2D eigenvalue weighted by molar-refractivity contribution is -0.126. The molecule has 2 saturated carbocycles. The van der Waals surface area contributed by atoms with E-state index in [4.69, 9.17) is 0 Å². The number of nitrogens with zero attached hydrogens (tertiary/aromatic N) is 2. The summed E-state index contributed by atoms with van der Waals surface area (Å²) >= 11 is 0. The van der Waals surface area contributed by atoms with E-state index in [1.165, 1.54) is 38.5 Å². The maximum atomic E-state index is 12.4. The van der Waals surface area contributed by atoms with Crippen LogP contribution in [0.15, 0.2) is 10.2 Å². The fourth-order valence-corrected chi connectivity index (χ4v) is 3.58. The van der Waals surface area contributed by atoms with E-state index in [-0.39, 0.29) is 17.9 Å². The molecule has 0 aromatic heterocycles. The van der Waals surface area contributed by atoms with Gasteiger partial charge in [0.25, 0.3) is 0 Å². The van der Waals surface area contributed by atoms with E-state index < -0.39 is 5.54 Å². The second kappa shape index (κ2) is 9.88. The van der Waals surface area contributed by atoms with Crippen LogP contribution in [0, 0.1) is 0 Å². The number of carbonyl (C=O) groups is 2. The summed E-state index contributed by atoms with van der Waals surface area (Å²) in [5, 5.41) is 14.4. The fourth-order valence-electron chi connectivity index (χ4n) is 3.58. The van der Waals surface area contributed by atoms with E-state index in [1.54, 1.807) is 13.8 Å². The monoisotopic (exact) mass is 350 g/mol. The van der Waals surface area contributed by atoms with Crippen molar-refractivity contribution in [1.29, 1.82) is 0 Å². The minimum absolute atomic E-state index is 0.0373. The van der Waals surface area contributed by atoms with Crippen molar-refractivity contribution in [3.05, 3.63) is 0 Å². The summed E-state index contributed by atoms with van der Waals surface area (Å²) in [4.78, 5) is 24.3. The Balaban J connectivity index is 1.67. The van der Waals surface area contributed by atoms with Crippen LogP contribution in [0.2, 0.25) is 0 Å². The van der Waals surface area contributed by atoms with Crippen molar-refractivity contribution in [2.45, 2.75) is 102 Å². The van der Waals surface area contributed by atoms with Gasteiger partial charge < -0.3 is 10.6 Å². The van der Waals surface area contributed by atoms with Crippen molar-refractivity contribution in [2.24, 2.45) is 10.2 Å². The van der Waals surface area contributed by atoms with Gasteiger partial charge >= 0.3 is 0 Å². The number of azo groups is 1. The maximum Gasteiger partial charge on any atom is 0.249 e. The highest BCUT2D eigenvalue weighted by Gasteiger charge is 2.29. The molecule has 0 unspecified atom stereocenters. The molecule has 142 valence electrons. The average Bonchev–Trinajstić information content (AvgIpc) is 2.60. The largest absolute Gasteiger partial charge is 0.353 e. The molecular formula is C19H34N4O2. The Kier molecular flexibility index (Phi) is 7.85. The summed E-state index contributed by atoms with van der Waals surface area (Å²) in [6.45, 7) is 3.88. The van der Waals surface area contributed by atoms with Crippen molar-refractivity contribution in [2.75, 3.05) is 6.54 Å². The lowest BCUT2D eigenvalue weighted by Crippen LogP contribution is -2.46. The van der Waals surface area contributed by atoms with Gasteiger partial charge in [-0.3, -0.25) is 9.59 Å². The zero-order valence-corrected chi connectivity index (χ0v) is 15.9. The SMILES string of the molecule is CC(C)(N=NCCC(=O)NC1CCCCC1)C(=O)NC1CCCCC1. The summed E-state index contributed by atoms with van der Waals surface area (Å²) in [6, 6.07) is 0.605. The summed E-state index contributed by atoms with van der Waals surface area (Å²) < 4.78 is 0. The molecule has 0 radical (unpaired) electrons. The van der Waals surface area contributed by atoms with Crippen molar-refractivity contribution in [1.82, 2.24) is 10.6 Å². The smallest absolute Gasteiger partial charge is 0.249 e. The van der Waals surface area contributed by atoms with Gasteiger partial charge in [0.1, 0.15) is 0 Å². The number of hydrogen-bond acceptors (Lipinski definition) is 4. The van der Waals surface area contributed by atoms with Crippen LogP contribution in [-0.2, 0) is 9.59 Å². The molecule has 0 aromatic rings. The van der Waals surface area contributed by atoms with Crippen LogP contribution in [0.25, 0.3) is 0 Å². The molecule has 0 aliphatic heterocycles. The quantitative estimate of drug-likeness (QED) is 0.689. The van der Waals surface area contributed by atoms with Crippen LogP contribution in [0.3, 0.4) is 0 Å². The van der Waals surface area contributed by atoms with Gasteiger partial charge in [0.15, 0.2) is 5.54 Å². The van der Waals surface area contributed by atoms with Crippen LogP contribution < -0.4 is 10.6 Å². The molecule has 0 saturated heterocycles. The van der Waals surface area contributed by atoms with Crippen molar-refractivity contribution in [3.63, 3.8) is 0 Å². The van der Waals surface area contributed by atoms with E-state index >= 15 is 0 Å². The Hall–Kier alpha value is -1.46. The first kappa shape index (κ1) is 19.9. The summed E-state index contributed by atoms with van der Waals surface area (Å²) in [7, 11) is 0. The predicted molar refractivity (Wildman–Crippen MR) is 98.5 cm³/mol. The molecule has 2 aliphatic carbocycles. The van der Waals surface area contributed by atoms with Crippen LogP contribution in [-0.4, -0.2) is 36.0 Å². The van der Waals surface area contributed by atoms with E-state index in [1.807, 2.05) is 0 Å². The lowest BCUT2D eigenvalue weighted by atomic mass is 9.94. The molecule has 0 aromatic carbocycles. The highest BCUT2D eigenvalue weighted by Crippen LogP contribution is 2.19. The molecule has 2 N–H and O–H groups in total. The number of carbonyl (C=O) groups excluding carboxylic acids is 2. The van der Waals surface area contributed by atoms with Gasteiger partial charge in [-0.2, -0.15) is 10.2 Å². The third-order valence-corrected chi connectivity index (χ3v) is 5.23.